The number of aryl methyl sites for hydroxylation is 2. The Kier molecular flexibility index (Phi) is 5.80. The van der Waals surface area contributed by atoms with E-state index >= 15 is 0 Å². The van der Waals surface area contributed by atoms with Crippen molar-refractivity contribution in [3.05, 3.63) is 47.8 Å². The van der Waals surface area contributed by atoms with Crippen LogP contribution in [0.3, 0.4) is 0 Å². The van der Waals surface area contributed by atoms with E-state index in [1.807, 2.05) is 55.7 Å². The minimum atomic E-state index is -0.615. The van der Waals surface area contributed by atoms with Crippen LogP contribution in [0, 0.1) is 0 Å². The maximum absolute atomic E-state index is 13.5. The molecule has 0 N–H and O–H groups in total. The van der Waals surface area contributed by atoms with Crippen molar-refractivity contribution < 1.29 is 18.8 Å². The molecule has 0 atom stereocenters. The number of nitrogens with zero attached hydrogens (tertiary/aromatic N) is 3. The Morgan fingerprint density at radius 2 is 1.84 bits per heavy atom. The second-order valence-corrected chi connectivity index (χ2v) is 9.07. The largest absolute Gasteiger partial charge is 0.494 e. The van der Waals surface area contributed by atoms with Gasteiger partial charge in [-0.15, -0.1) is 0 Å². The molecular weight excluding hydrogens is 402 g/mol. The Bertz CT molecular complexity index is 1320. The molecule has 0 saturated heterocycles. The van der Waals surface area contributed by atoms with Crippen LogP contribution in [0.5, 0.6) is 5.75 Å². The molecule has 0 radical (unpaired) electrons. The van der Waals surface area contributed by atoms with Gasteiger partial charge in [0, 0.05) is 34.1 Å². The number of ether oxygens (including phenoxy) is 2. The first kappa shape index (κ1) is 22.1. The van der Waals surface area contributed by atoms with Crippen molar-refractivity contribution in [2.75, 3.05) is 6.61 Å². The third-order valence-corrected chi connectivity index (χ3v) is 5.53. The van der Waals surface area contributed by atoms with E-state index in [-0.39, 0.29) is 0 Å². The number of aromatic nitrogens is 3. The second kappa shape index (κ2) is 8.41. The average molecular weight is 435 g/mol. The van der Waals surface area contributed by atoms with E-state index in [9.17, 15) is 4.79 Å². The highest BCUT2D eigenvalue weighted by Crippen LogP contribution is 2.34. The molecule has 0 spiro atoms. The van der Waals surface area contributed by atoms with Crippen molar-refractivity contribution >= 4 is 33.4 Å². The first-order valence-electron chi connectivity index (χ1n) is 11.4. The summed E-state index contributed by atoms with van der Waals surface area (Å²) in [6.07, 6.45) is 4.22. The molecule has 4 aromatic rings. The number of hydrogen-bond donors (Lipinski definition) is 0. The standard InChI is InChI=1S/C26H32N3O3/c1-7-14-31-18-10-11-19-20-12-13-28-23(15-17(8-2)21(9-3)27-28)24(20)29(22(19)16-18)25(30)32-26(4,5)6/h10-13,15-16H,7-9,14H2,1-6H3/q+1. The summed E-state index contributed by atoms with van der Waals surface area (Å²) in [6, 6.07) is 10.1. The van der Waals surface area contributed by atoms with Crippen LogP contribution in [0.2, 0.25) is 0 Å². The fourth-order valence-corrected chi connectivity index (χ4v) is 4.12. The monoisotopic (exact) mass is 434 g/mol. The Hall–Kier alpha value is -3.15. The van der Waals surface area contributed by atoms with Gasteiger partial charge in [0.05, 0.1) is 12.1 Å². The van der Waals surface area contributed by atoms with Gasteiger partial charge in [-0.1, -0.05) is 25.3 Å². The minimum absolute atomic E-state index is 0.407. The lowest BCUT2D eigenvalue weighted by atomic mass is 10.1. The number of carbonyl (C=O) groups excluding carboxylic acids is 1. The Morgan fingerprint density at radius 3 is 2.50 bits per heavy atom. The number of rotatable bonds is 5. The maximum atomic E-state index is 13.5. The van der Waals surface area contributed by atoms with E-state index in [1.165, 1.54) is 5.56 Å². The second-order valence-electron chi connectivity index (χ2n) is 9.07. The highest BCUT2D eigenvalue weighted by molar-refractivity contribution is 6.16. The van der Waals surface area contributed by atoms with Crippen molar-refractivity contribution in [1.82, 2.24) is 9.67 Å². The highest BCUT2D eigenvalue weighted by Gasteiger charge is 2.27. The van der Waals surface area contributed by atoms with Gasteiger partial charge in [-0.05, 0) is 57.7 Å². The van der Waals surface area contributed by atoms with Gasteiger partial charge in [0.25, 0.3) is 5.52 Å². The summed E-state index contributed by atoms with van der Waals surface area (Å²) in [4.78, 5) is 13.5. The molecule has 0 fully saturated rings. The molecule has 168 valence electrons. The van der Waals surface area contributed by atoms with Crippen LogP contribution >= 0.6 is 0 Å². The number of fused-ring (bicyclic) bond motifs is 5. The molecule has 0 bridgehead atoms. The third-order valence-electron chi connectivity index (χ3n) is 5.53. The number of carbonyl (C=O) groups is 1. The van der Waals surface area contributed by atoms with E-state index in [2.05, 4.69) is 26.8 Å². The predicted octanol–water partition coefficient (Wildman–Crippen LogP) is 5.63. The molecule has 0 amide bonds. The van der Waals surface area contributed by atoms with Gasteiger partial charge in [-0.2, -0.15) is 0 Å². The molecule has 0 saturated carbocycles. The highest BCUT2D eigenvalue weighted by atomic mass is 16.6. The van der Waals surface area contributed by atoms with Gasteiger partial charge in [0.15, 0.2) is 0 Å². The number of hydrogen-bond acceptors (Lipinski definition) is 4. The zero-order valence-electron chi connectivity index (χ0n) is 19.9. The van der Waals surface area contributed by atoms with Crippen LogP contribution in [-0.2, 0) is 17.6 Å². The fourth-order valence-electron chi connectivity index (χ4n) is 4.12. The van der Waals surface area contributed by atoms with Gasteiger partial charge in [-0.25, -0.2) is 9.36 Å². The van der Waals surface area contributed by atoms with E-state index in [4.69, 9.17) is 14.6 Å². The molecule has 1 aromatic carbocycles. The molecule has 0 unspecified atom stereocenters. The topological polar surface area (TPSA) is 57.5 Å². The lowest BCUT2D eigenvalue weighted by molar-refractivity contribution is -0.580. The van der Waals surface area contributed by atoms with Gasteiger partial charge < -0.3 is 9.47 Å². The summed E-state index contributed by atoms with van der Waals surface area (Å²) < 4.78 is 15.2. The molecule has 32 heavy (non-hydrogen) atoms. The minimum Gasteiger partial charge on any atom is -0.494 e. The first-order chi connectivity index (χ1) is 15.3. The molecule has 0 aliphatic rings. The fraction of sp³-hybridized carbons (Fsp3) is 0.423. The summed E-state index contributed by atoms with van der Waals surface area (Å²) in [6.45, 7) is 12.6. The Labute approximate surface area is 188 Å². The van der Waals surface area contributed by atoms with Crippen LogP contribution in [0.15, 0.2) is 36.5 Å². The van der Waals surface area contributed by atoms with Crippen molar-refractivity contribution in [3.63, 3.8) is 0 Å². The summed E-state index contributed by atoms with van der Waals surface area (Å²) in [5.74, 6) is 0.740. The van der Waals surface area contributed by atoms with E-state index in [0.29, 0.717) is 6.61 Å². The van der Waals surface area contributed by atoms with Gasteiger partial charge >= 0.3 is 6.09 Å². The summed E-state index contributed by atoms with van der Waals surface area (Å²) in [5, 5.41) is 6.81. The van der Waals surface area contributed by atoms with E-state index in [1.54, 1.807) is 4.57 Å². The molecule has 0 aliphatic heterocycles. The lowest BCUT2D eigenvalue weighted by Crippen LogP contribution is -2.31. The van der Waals surface area contributed by atoms with Crippen molar-refractivity contribution in [1.29, 1.82) is 0 Å². The smallest absolute Gasteiger partial charge is 0.419 e. The van der Waals surface area contributed by atoms with E-state index < -0.39 is 11.7 Å². The lowest BCUT2D eigenvalue weighted by Gasteiger charge is -2.20. The molecule has 6 heteroatoms. The molecular formula is C26H32N3O3+. The van der Waals surface area contributed by atoms with E-state index in [0.717, 1.165) is 58.0 Å². The van der Waals surface area contributed by atoms with Gasteiger partial charge in [0.1, 0.15) is 22.6 Å². The summed E-state index contributed by atoms with van der Waals surface area (Å²) in [7, 11) is 0. The SMILES string of the molecule is CCCOc1ccc2c3cc[n+]4nc(CC)c(CC)cc4c3n(C(=O)OC(C)(C)C)c2c1. The van der Waals surface area contributed by atoms with Gasteiger partial charge in [0.2, 0.25) is 6.20 Å². The first-order valence-corrected chi connectivity index (χ1v) is 11.4. The normalized spacial score (nSPS) is 12.1. The van der Waals surface area contributed by atoms with Crippen LogP contribution in [-0.4, -0.2) is 28.0 Å². The third kappa shape index (κ3) is 3.90. The summed E-state index contributed by atoms with van der Waals surface area (Å²) >= 11 is 0. The Balaban J connectivity index is 2.09. The molecule has 4 rings (SSSR count). The van der Waals surface area contributed by atoms with Crippen molar-refractivity contribution in [2.45, 2.75) is 66.4 Å². The van der Waals surface area contributed by atoms with Crippen molar-refractivity contribution in [3.8, 4) is 5.75 Å². The molecule has 6 nitrogen and oxygen atoms in total. The average Bonchev–Trinajstić information content (AvgIpc) is 3.09. The predicted molar refractivity (Wildman–Crippen MR) is 127 cm³/mol. The van der Waals surface area contributed by atoms with Crippen LogP contribution in [0.4, 0.5) is 4.79 Å². The number of benzene rings is 1. The van der Waals surface area contributed by atoms with Crippen LogP contribution in [0.25, 0.3) is 27.3 Å². The molecule has 3 aromatic heterocycles. The van der Waals surface area contributed by atoms with Gasteiger partial charge in [-0.3, -0.25) is 0 Å². The summed E-state index contributed by atoms with van der Waals surface area (Å²) in [5.41, 5.74) is 4.10. The quantitative estimate of drug-likeness (QED) is 0.382. The van der Waals surface area contributed by atoms with Crippen molar-refractivity contribution in [2.24, 2.45) is 0 Å². The molecule has 3 heterocycles. The zero-order valence-corrected chi connectivity index (χ0v) is 19.9. The van der Waals surface area contributed by atoms with Crippen LogP contribution < -0.4 is 9.25 Å². The number of pyridine rings is 1. The zero-order chi connectivity index (χ0) is 23.0. The Morgan fingerprint density at radius 1 is 1.06 bits per heavy atom. The van der Waals surface area contributed by atoms with Crippen LogP contribution in [0.1, 0.15) is 59.2 Å². The maximum Gasteiger partial charge on any atom is 0.419 e. The molecule has 0 aliphatic carbocycles.